The Bertz CT molecular complexity index is 994. The number of likely N-dealkylation sites (tertiary alicyclic amines) is 1. The maximum Gasteiger partial charge on any atom is 0.146 e. The molecule has 0 amide bonds. The Kier molecular flexibility index (Phi) is 5.32. The van der Waals surface area contributed by atoms with E-state index in [0.717, 1.165) is 49.2 Å². The average Bonchev–Trinajstić information content (AvgIpc) is 3.44. The summed E-state index contributed by atoms with van der Waals surface area (Å²) in [6.45, 7) is 11.5. The Labute approximate surface area is 180 Å². The Morgan fingerprint density at radius 1 is 1.17 bits per heavy atom. The summed E-state index contributed by atoms with van der Waals surface area (Å²) in [6, 6.07) is 2.18. The molecule has 2 fully saturated rings. The van der Waals surface area contributed by atoms with E-state index < -0.39 is 0 Å². The summed E-state index contributed by atoms with van der Waals surface area (Å²) >= 11 is 3.53. The molecule has 0 saturated carbocycles. The molecule has 3 aromatic heterocycles. The van der Waals surface area contributed by atoms with Gasteiger partial charge in [-0.05, 0) is 74.7 Å². The van der Waals surface area contributed by atoms with Crippen molar-refractivity contribution in [1.82, 2.24) is 14.9 Å². The van der Waals surface area contributed by atoms with Crippen molar-refractivity contribution in [3.8, 4) is 0 Å². The molecule has 0 radical (unpaired) electrons. The number of rotatable bonds is 4. The van der Waals surface area contributed by atoms with Crippen molar-refractivity contribution in [2.45, 2.75) is 52.4 Å². The van der Waals surface area contributed by atoms with Gasteiger partial charge in [-0.25, -0.2) is 9.97 Å². The van der Waals surface area contributed by atoms with Crippen molar-refractivity contribution in [2.24, 2.45) is 0 Å². The molecule has 0 aromatic carbocycles. The van der Waals surface area contributed by atoms with Crippen LogP contribution in [-0.2, 0) is 11.3 Å². The molecule has 2 atom stereocenters. The van der Waals surface area contributed by atoms with Crippen LogP contribution in [0.3, 0.4) is 0 Å². The van der Waals surface area contributed by atoms with Crippen LogP contribution in [0.2, 0.25) is 0 Å². The van der Waals surface area contributed by atoms with E-state index in [9.17, 15) is 0 Å². The van der Waals surface area contributed by atoms with Crippen LogP contribution in [0.4, 0.5) is 5.82 Å². The second-order valence-corrected chi connectivity index (χ2v) is 10.3. The molecule has 0 N–H and O–H groups in total. The van der Waals surface area contributed by atoms with Crippen molar-refractivity contribution >= 4 is 38.7 Å². The predicted molar refractivity (Wildman–Crippen MR) is 121 cm³/mol. The van der Waals surface area contributed by atoms with E-state index in [1.54, 1.807) is 22.7 Å². The van der Waals surface area contributed by atoms with Crippen molar-refractivity contribution in [3.63, 3.8) is 0 Å². The molecule has 0 aliphatic carbocycles. The fourth-order valence-corrected chi connectivity index (χ4v) is 6.22. The van der Waals surface area contributed by atoms with Gasteiger partial charge >= 0.3 is 0 Å². The molecule has 3 aromatic rings. The van der Waals surface area contributed by atoms with Gasteiger partial charge in [0.05, 0.1) is 18.0 Å². The van der Waals surface area contributed by atoms with E-state index in [1.807, 2.05) is 0 Å². The van der Waals surface area contributed by atoms with Crippen molar-refractivity contribution in [1.29, 1.82) is 0 Å². The third kappa shape index (κ3) is 3.81. The lowest BCUT2D eigenvalue weighted by Gasteiger charge is -2.38. The van der Waals surface area contributed by atoms with Crippen LogP contribution in [0.1, 0.15) is 47.7 Å². The fraction of sp³-hybridized carbons (Fsp3) is 0.545. The fourth-order valence-electron chi connectivity index (χ4n) is 4.48. The number of fused-ring (bicyclic) bond motifs is 1. The summed E-state index contributed by atoms with van der Waals surface area (Å²) in [5, 5.41) is 5.57. The molecular weight excluding hydrogens is 400 g/mol. The summed E-state index contributed by atoms with van der Waals surface area (Å²) in [7, 11) is 0. The zero-order valence-corrected chi connectivity index (χ0v) is 19.0. The second-order valence-electron chi connectivity index (χ2n) is 8.31. The molecule has 2 aliphatic rings. The van der Waals surface area contributed by atoms with Crippen LogP contribution in [0.15, 0.2) is 16.8 Å². The molecule has 5 heterocycles. The molecule has 29 heavy (non-hydrogen) atoms. The summed E-state index contributed by atoms with van der Waals surface area (Å²) in [6.07, 6.45) is 2.84. The number of ether oxygens (including phenoxy) is 1. The minimum atomic E-state index is 0.0945. The maximum absolute atomic E-state index is 6.28. The number of hydrogen-bond donors (Lipinski definition) is 0. The van der Waals surface area contributed by atoms with Gasteiger partial charge in [0.15, 0.2) is 0 Å². The van der Waals surface area contributed by atoms with Gasteiger partial charge in [0.2, 0.25) is 0 Å². The lowest BCUT2D eigenvalue weighted by atomic mass is 10.1. The van der Waals surface area contributed by atoms with Crippen LogP contribution in [0, 0.1) is 13.8 Å². The molecule has 2 saturated heterocycles. The highest BCUT2D eigenvalue weighted by atomic mass is 32.1. The van der Waals surface area contributed by atoms with Crippen molar-refractivity contribution < 1.29 is 4.74 Å². The van der Waals surface area contributed by atoms with Crippen LogP contribution in [0.5, 0.6) is 0 Å². The molecular formula is C22H28N4OS2. The van der Waals surface area contributed by atoms with Gasteiger partial charge in [-0.15, -0.1) is 11.3 Å². The van der Waals surface area contributed by atoms with E-state index in [4.69, 9.17) is 14.7 Å². The topological polar surface area (TPSA) is 41.5 Å². The van der Waals surface area contributed by atoms with Gasteiger partial charge in [-0.3, -0.25) is 4.90 Å². The van der Waals surface area contributed by atoms with E-state index in [2.05, 4.69) is 47.4 Å². The van der Waals surface area contributed by atoms with E-state index in [-0.39, 0.29) is 12.2 Å². The third-order valence-electron chi connectivity index (χ3n) is 6.09. The summed E-state index contributed by atoms with van der Waals surface area (Å²) in [5.74, 6) is 2.06. The van der Waals surface area contributed by atoms with Gasteiger partial charge in [0.25, 0.3) is 0 Å². The smallest absolute Gasteiger partial charge is 0.146 e. The van der Waals surface area contributed by atoms with Gasteiger partial charge in [0.1, 0.15) is 22.6 Å². The van der Waals surface area contributed by atoms with Crippen LogP contribution < -0.4 is 4.90 Å². The van der Waals surface area contributed by atoms with E-state index >= 15 is 0 Å². The number of morpholine rings is 1. The van der Waals surface area contributed by atoms with E-state index in [0.29, 0.717) is 0 Å². The quantitative estimate of drug-likeness (QED) is 0.589. The lowest BCUT2D eigenvalue weighted by Crippen LogP contribution is -2.43. The Morgan fingerprint density at radius 3 is 2.76 bits per heavy atom. The van der Waals surface area contributed by atoms with Crippen LogP contribution in [-0.4, -0.2) is 47.2 Å². The highest BCUT2D eigenvalue weighted by Gasteiger charge is 2.30. The summed E-state index contributed by atoms with van der Waals surface area (Å²) in [4.78, 5) is 17.5. The SMILES string of the molecule is Cc1sc2nc(CN3CCCC3)nc(N3CC(C)OC(c4ccsc4)C3)c2c1C. The zero-order chi connectivity index (χ0) is 20.0. The minimum Gasteiger partial charge on any atom is -0.367 e. The molecule has 7 heteroatoms. The Balaban J connectivity index is 1.54. The number of thiophene rings is 2. The number of anilines is 1. The second kappa shape index (κ2) is 7.95. The normalized spacial score (nSPS) is 23.3. The van der Waals surface area contributed by atoms with Gasteiger partial charge < -0.3 is 9.64 Å². The van der Waals surface area contributed by atoms with Gasteiger partial charge in [0, 0.05) is 18.0 Å². The molecule has 0 spiro atoms. The largest absolute Gasteiger partial charge is 0.367 e. The van der Waals surface area contributed by atoms with Crippen molar-refractivity contribution in [3.05, 3.63) is 38.7 Å². The third-order valence-corrected chi connectivity index (χ3v) is 7.90. The number of aromatic nitrogens is 2. The number of nitrogens with zero attached hydrogens (tertiary/aromatic N) is 4. The molecule has 0 bridgehead atoms. The Morgan fingerprint density at radius 2 is 2.00 bits per heavy atom. The number of aryl methyl sites for hydroxylation is 2. The first-order valence-corrected chi connectivity index (χ1v) is 12.3. The first-order chi connectivity index (χ1) is 14.1. The van der Waals surface area contributed by atoms with E-state index in [1.165, 1.54) is 34.2 Å². The average molecular weight is 429 g/mol. The molecule has 2 unspecified atom stereocenters. The molecule has 5 rings (SSSR count). The first kappa shape index (κ1) is 19.4. The number of hydrogen-bond acceptors (Lipinski definition) is 7. The monoisotopic (exact) mass is 428 g/mol. The maximum atomic E-state index is 6.28. The lowest BCUT2D eigenvalue weighted by molar-refractivity contribution is -0.0173. The van der Waals surface area contributed by atoms with Crippen molar-refractivity contribution in [2.75, 3.05) is 31.1 Å². The Hall–Kier alpha value is -1.54. The predicted octanol–water partition coefficient (Wildman–Crippen LogP) is 4.93. The molecule has 154 valence electrons. The molecule has 2 aliphatic heterocycles. The minimum absolute atomic E-state index is 0.0945. The highest BCUT2D eigenvalue weighted by molar-refractivity contribution is 7.18. The van der Waals surface area contributed by atoms with Gasteiger partial charge in [-0.2, -0.15) is 11.3 Å². The summed E-state index contributed by atoms with van der Waals surface area (Å²) in [5.41, 5.74) is 2.59. The van der Waals surface area contributed by atoms with Crippen LogP contribution >= 0.6 is 22.7 Å². The molecule has 5 nitrogen and oxygen atoms in total. The van der Waals surface area contributed by atoms with Gasteiger partial charge in [-0.1, -0.05) is 0 Å². The standard InChI is InChI=1S/C22H28N4OS2/c1-14-10-26(11-18(27-14)17-6-9-28-13-17)21-20-15(2)16(3)29-22(20)24-19(23-21)12-25-7-4-5-8-25/h6,9,13-14,18H,4-5,7-8,10-12H2,1-3H3. The zero-order valence-electron chi connectivity index (χ0n) is 17.4. The highest BCUT2D eigenvalue weighted by Crippen LogP contribution is 2.38. The summed E-state index contributed by atoms with van der Waals surface area (Å²) < 4.78 is 6.28. The van der Waals surface area contributed by atoms with Crippen LogP contribution in [0.25, 0.3) is 10.2 Å². The first-order valence-electron chi connectivity index (χ1n) is 10.5.